The third kappa shape index (κ3) is 2.25. The molecule has 26 heavy (non-hydrogen) atoms. The Morgan fingerprint density at radius 3 is 2.73 bits per heavy atom. The molecule has 2 aromatic rings. The third-order valence-corrected chi connectivity index (χ3v) is 5.70. The van der Waals surface area contributed by atoms with E-state index in [1.807, 2.05) is 35.2 Å². The van der Waals surface area contributed by atoms with Crippen LogP contribution in [0.25, 0.3) is 0 Å². The zero-order valence-corrected chi connectivity index (χ0v) is 14.7. The van der Waals surface area contributed by atoms with Crippen molar-refractivity contribution in [2.45, 2.75) is 38.0 Å². The first kappa shape index (κ1) is 15.5. The highest BCUT2D eigenvalue weighted by Crippen LogP contribution is 2.49. The van der Waals surface area contributed by atoms with E-state index in [1.54, 1.807) is 13.2 Å². The Morgan fingerprint density at radius 2 is 2.00 bits per heavy atom. The fourth-order valence-corrected chi connectivity index (χ4v) is 4.32. The molecule has 1 aromatic carbocycles. The van der Waals surface area contributed by atoms with Crippen LogP contribution in [0.5, 0.6) is 5.75 Å². The second-order valence-corrected chi connectivity index (χ2v) is 7.18. The van der Waals surface area contributed by atoms with Gasteiger partial charge in [-0.05, 0) is 18.2 Å². The molecule has 1 atom stereocenters. The number of hydrogen-bond donors (Lipinski definition) is 0. The summed E-state index contributed by atoms with van der Waals surface area (Å²) in [4.78, 5) is 13.6. The molecular weight excluding hydrogens is 330 g/mol. The molecule has 6 heteroatoms. The molecule has 1 amide bonds. The average molecular weight is 351 g/mol. The van der Waals surface area contributed by atoms with Crippen molar-refractivity contribution in [1.29, 1.82) is 0 Å². The van der Waals surface area contributed by atoms with Crippen LogP contribution >= 0.6 is 0 Å². The highest BCUT2D eigenvalue weighted by molar-refractivity contribution is 5.99. The molecule has 3 aliphatic heterocycles. The number of nitrogens with zero attached hydrogens (tertiary/aromatic N) is 3. The maximum Gasteiger partial charge on any atom is 0.219 e. The van der Waals surface area contributed by atoms with Crippen LogP contribution in [0.1, 0.15) is 43.6 Å². The Balaban J connectivity index is 1.54. The summed E-state index contributed by atoms with van der Waals surface area (Å²) in [7, 11) is 0. The molecular formula is C20H21N3O3. The predicted molar refractivity (Wildman–Crippen MR) is 95.7 cm³/mol. The Kier molecular flexibility index (Phi) is 3.35. The van der Waals surface area contributed by atoms with Crippen molar-refractivity contribution in [2.75, 3.05) is 13.1 Å². The van der Waals surface area contributed by atoms with Crippen molar-refractivity contribution < 1.29 is 13.9 Å². The Labute approximate surface area is 152 Å². The smallest absolute Gasteiger partial charge is 0.219 e. The second-order valence-electron chi connectivity index (χ2n) is 7.18. The highest BCUT2D eigenvalue weighted by Gasteiger charge is 2.52. The van der Waals surface area contributed by atoms with E-state index in [1.165, 1.54) is 0 Å². The molecule has 3 aliphatic rings. The Morgan fingerprint density at radius 1 is 1.19 bits per heavy atom. The van der Waals surface area contributed by atoms with E-state index < -0.39 is 5.72 Å². The lowest BCUT2D eigenvalue weighted by atomic mass is 9.91. The first-order valence-corrected chi connectivity index (χ1v) is 9.10. The van der Waals surface area contributed by atoms with Gasteiger partial charge in [0.05, 0.1) is 12.3 Å². The fourth-order valence-electron chi connectivity index (χ4n) is 4.32. The standard InChI is InChI=1S/C20H21N3O3/c1-14(24)22-10-8-20(9-11-22)23-17(15-5-2-3-6-18(15)26-20)13-16(21-23)19-7-4-12-25-19/h2-7,12,17H,8-11,13H2,1H3/t17-/m1/s1. The van der Waals surface area contributed by atoms with Crippen molar-refractivity contribution in [3.63, 3.8) is 0 Å². The van der Waals surface area contributed by atoms with E-state index in [-0.39, 0.29) is 11.9 Å². The summed E-state index contributed by atoms with van der Waals surface area (Å²) in [5, 5.41) is 7.06. The van der Waals surface area contributed by atoms with Gasteiger partial charge < -0.3 is 14.1 Å². The summed E-state index contributed by atoms with van der Waals surface area (Å²) in [5.74, 6) is 1.86. The minimum absolute atomic E-state index is 0.119. The largest absolute Gasteiger partial charge is 0.466 e. The van der Waals surface area contributed by atoms with Crippen molar-refractivity contribution >= 4 is 11.6 Å². The number of carbonyl (C=O) groups is 1. The fraction of sp³-hybridized carbons (Fsp3) is 0.400. The first-order chi connectivity index (χ1) is 12.7. The van der Waals surface area contributed by atoms with Crippen LogP contribution in [0.15, 0.2) is 52.2 Å². The third-order valence-electron chi connectivity index (χ3n) is 5.70. The molecule has 134 valence electrons. The molecule has 0 N–H and O–H groups in total. The number of rotatable bonds is 1. The van der Waals surface area contributed by atoms with Crippen LogP contribution in [0.2, 0.25) is 0 Å². The summed E-state index contributed by atoms with van der Waals surface area (Å²) in [6.07, 6.45) is 3.96. The number of furan rings is 1. The molecule has 6 nitrogen and oxygen atoms in total. The number of para-hydroxylation sites is 1. The highest BCUT2D eigenvalue weighted by atomic mass is 16.5. The van der Waals surface area contributed by atoms with Crippen LogP contribution in [-0.2, 0) is 4.79 Å². The second kappa shape index (κ2) is 5.62. The van der Waals surface area contributed by atoms with E-state index in [2.05, 4.69) is 11.1 Å². The number of likely N-dealkylation sites (tertiary alicyclic amines) is 1. The molecule has 4 heterocycles. The Hall–Kier alpha value is -2.76. The van der Waals surface area contributed by atoms with Gasteiger partial charge in [0.1, 0.15) is 17.2 Å². The van der Waals surface area contributed by atoms with E-state index >= 15 is 0 Å². The number of amides is 1. The van der Waals surface area contributed by atoms with Gasteiger partial charge in [0.2, 0.25) is 11.6 Å². The van der Waals surface area contributed by atoms with Crippen LogP contribution in [0.3, 0.4) is 0 Å². The van der Waals surface area contributed by atoms with Gasteiger partial charge in [0.25, 0.3) is 0 Å². The van der Waals surface area contributed by atoms with Crippen LogP contribution < -0.4 is 4.74 Å². The maximum absolute atomic E-state index is 11.7. The van der Waals surface area contributed by atoms with Crippen molar-refractivity contribution in [3.05, 3.63) is 54.0 Å². The molecule has 5 rings (SSSR count). The van der Waals surface area contributed by atoms with E-state index in [0.717, 1.165) is 42.0 Å². The van der Waals surface area contributed by atoms with Gasteiger partial charge in [-0.25, -0.2) is 5.01 Å². The summed E-state index contributed by atoms with van der Waals surface area (Å²) < 4.78 is 12.1. The molecule has 0 radical (unpaired) electrons. The van der Waals surface area contributed by atoms with Crippen LogP contribution in [0, 0.1) is 0 Å². The number of fused-ring (bicyclic) bond motifs is 4. The zero-order valence-electron chi connectivity index (χ0n) is 14.7. The van der Waals surface area contributed by atoms with Gasteiger partial charge in [-0.3, -0.25) is 4.79 Å². The predicted octanol–water partition coefficient (Wildman–Crippen LogP) is 3.16. The quantitative estimate of drug-likeness (QED) is 0.792. The molecule has 0 aliphatic carbocycles. The van der Waals surface area contributed by atoms with E-state index in [4.69, 9.17) is 14.3 Å². The van der Waals surface area contributed by atoms with Gasteiger partial charge >= 0.3 is 0 Å². The SMILES string of the molecule is CC(=O)N1CCC2(CC1)Oc1ccccc1[C@H]1CC(c3ccco3)=NN12. The molecule has 1 fully saturated rings. The van der Waals surface area contributed by atoms with Gasteiger partial charge in [-0.1, -0.05) is 18.2 Å². The van der Waals surface area contributed by atoms with E-state index in [0.29, 0.717) is 13.1 Å². The number of benzene rings is 1. The minimum atomic E-state index is -0.501. The number of hydrazone groups is 1. The van der Waals surface area contributed by atoms with Crippen molar-refractivity contribution in [1.82, 2.24) is 9.91 Å². The van der Waals surface area contributed by atoms with Gasteiger partial charge in [0.15, 0.2) is 0 Å². The summed E-state index contributed by atoms with van der Waals surface area (Å²) in [5.41, 5.74) is 1.62. The molecule has 0 bridgehead atoms. The number of hydrogen-bond acceptors (Lipinski definition) is 5. The monoisotopic (exact) mass is 351 g/mol. The maximum atomic E-state index is 11.7. The lowest BCUT2D eigenvalue weighted by molar-refractivity contribution is -0.158. The normalized spacial score (nSPS) is 23.3. The average Bonchev–Trinajstić information content (AvgIpc) is 3.32. The topological polar surface area (TPSA) is 58.3 Å². The van der Waals surface area contributed by atoms with Crippen molar-refractivity contribution in [2.24, 2.45) is 5.10 Å². The molecule has 1 aromatic heterocycles. The van der Waals surface area contributed by atoms with Crippen molar-refractivity contribution in [3.8, 4) is 5.75 Å². The van der Waals surface area contributed by atoms with E-state index in [9.17, 15) is 4.79 Å². The van der Waals surface area contributed by atoms with Crippen LogP contribution in [0.4, 0.5) is 0 Å². The Bertz CT molecular complexity index is 866. The van der Waals surface area contributed by atoms with Gasteiger partial charge in [-0.2, -0.15) is 5.10 Å². The minimum Gasteiger partial charge on any atom is -0.466 e. The number of carbonyl (C=O) groups excluding carboxylic acids is 1. The molecule has 1 saturated heterocycles. The first-order valence-electron chi connectivity index (χ1n) is 9.10. The lowest BCUT2D eigenvalue weighted by Crippen LogP contribution is -2.59. The number of ether oxygens (including phenoxy) is 1. The summed E-state index contributed by atoms with van der Waals surface area (Å²) in [6, 6.07) is 12.2. The van der Waals surface area contributed by atoms with Gasteiger partial charge in [-0.15, -0.1) is 0 Å². The van der Waals surface area contributed by atoms with Crippen LogP contribution in [-0.4, -0.2) is 40.3 Å². The zero-order chi connectivity index (χ0) is 17.7. The molecule has 0 unspecified atom stereocenters. The lowest BCUT2D eigenvalue weighted by Gasteiger charge is -2.51. The summed E-state index contributed by atoms with van der Waals surface area (Å²) in [6.45, 7) is 3.00. The van der Waals surface area contributed by atoms with Gasteiger partial charge in [0, 0.05) is 44.8 Å². The molecule has 0 saturated carbocycles. The molecule has 1 spiro atoms. The number of piperidine rings is 1. The summed E-state index contributed by atoms with van der Waals surface area (Å²) >= 11 is 0.